The summed E-state index contributed by atoms with van der Waals surface area (Å²) in [5.41, 5.74) is 1.43. The average Bonchev–Trinajstić information content (AvgIpc) is 2.41. The lowest BCUT2D eigenvalue weighted by molar-refractivity contribution is 0.0956. The molecule has 0 aliphatic heterocycles. The Balaban J connectivity index is 2.70. The van der Waals surface area contributed by atoms with Crippen molar-refractivity contribution in [1.29, 1.82) is 0 Å². The van der Waals surface area contributed by atoms with Gasteiger partial charge in [0, 0.05) is 24.2 Å². The summed E-state index contributed by atoms with van der Waals surface area (Å²) in [5.74, 6) is -0.0396. The van der Waals surface area contributed by atoms with Crippen molar-refractivity contribution in [2.45, 2.75) is 6.92 Å². The van der Waals surface area contributed by atoms with E-state index in [0.717, 1.165) is 10.1 Å². The molecule has 13 heavy (non-hydrogen) atoms. The first-order valence-corrected chi connectivity index (χ1v) is 5.52. The highest BCUT2D eigenvalue weighted by atomic mass is 127. The number of hydrogen-bond donors (Lipinski definition) is 1. The van der Waals surface area contributed by atoms with E-state index in [2.05, 4.69) is 33.0 Å². The first-order chi connectivity index (χ1) is 6.15. The minimum atomic E-state index is -0.0396. The Labute approximate surface area is 90.8 Å². The molecular weight excluding hydrogens is 281 g/mol. The number of nitrogens with one attached hydrogen (secondary N) is 1. The molecule has 1 aromatic rings. The number of hydrogen-bond acceptors (Lipinski definition) is 2. The van der Waals surface area contributed by atoms with Crippen molar-refractivity contribution in [2.24, 2.45) is 7.05 Å². The molecule has 0 aliphatic carbocycles. The zero-order valence-corrected chi connectivity index (χ0v) is 9.83. The van der Waals surface area contributed by atoms with Gasteiger partial charge in [0.15, 0.2) is 0 Å². The standard InChI is InChI=1S/C8H12IN3O/c1-6-7(5-12(2)11-6)8(13)10-4-3-9/h5H,3-4H2,1-2H3,(H,10,13). The first kappa shape index (κ1) is 10.5. The third-order valence-electron chi connectivity index (χ3n) is 1.64. The SMILES string of the molecule is Cc1nn(C)cc1C(=O)NCCI. The Morgan fingerprint density at radius 3 is 2.92 bits per heavy atom. The third-order valence-corrected chi connectivity index (χ3v) is 2.18. The monoisotopic (exact) mass is 293 g/mol. The molecule has 0 unspecified atom stereocenters. The fourth-order valence-corrected chi connectivity index (χ4v) is 1.35. The third kappa shape index (κ3) is 2.68. The molecule has 0 bridgehead atoms. The number of carbonyl (C=O) groups is 1. The number of halogens is 1. The van der Waals surface area contributed by atoms with Crippen LogP contribution >= 0.6 is 22.6 Å². The summed E-state index contributed by atoms with van der Waals surface area (Å²) in [6.45, 7) is 2.53. The van der Waals surface area contributed by atoms with E-state index in [-0.39, 0.29) is 5.91 Å². The molecule has 0 spiro atoms. The van der Waals surface area contributed by atoms with Crippen molar-refractivity contribution in [2.75, 3.05) is 11.0 Å². The Kier molecular flexibility index (Phi) is 3.71. The summed E-state index contributed by atoms with van der Waals surface area (Å²) >= 11 is 2.22. The molecule has 0 saturated heterocycles. The van der Waals surface area contributed by atoms with Gasteiger partial charge in [0.2, 0.25) is 0 Å². The second-order valence-electron chi connectivity index (χ2n) is 2.75. The van der Waals surface area contributed by atoms with Crippen molar-refractivity contribution >= 4 is 28.5 Å². The Morgan fingerprint density at radius 2 is 2.46 bits per heavy atom. The topological polar surface area (TPSA) is 46.9 Å². The van der Waals surface area contributed by atoms with E-state index < -0.39 is 0 Å². The molecule has 0 radical (unpaired) electrons. The summed E-state index contributed by atoms with van der Waals surface area (Å²) in [6, 6.07) is 0. The van der Waals surface area contributed by atoms with E-state index in [9.17, 15) is 4.79 Å². The second kappa shape index (κ2) is 4.59. The van der Waals surface area contributed by atoms with E-state index in [1.54, 1.807) is 10.9 Å². The molecule has 0 fully saturated rings. The van der Waals surface area contributed by atoms with Gasteiger partial charge in [-0.3, -0.25) is 9.48 Å². The number of nitrogens with zero attached hydrogens (tertiary/aromatic N) is 2. The molecule has 5 heteroatoms. The maximum Gasteiger partial charge on any atom is 0.254 e. The summed E-state index contributed by atoms with van der Waals surface area (Å²) in [5, 5.41) is 6.90. The van der Waals surface area contributed by atoms with Gasteiger partial charge >= 0.3 is 0 Å². The van der Waals surface area contributed by atoms with Crippen LogP contribution in [0, 0.1) is 6.92 Å². The van der Waals surface area contributed by atoms with Crippen LogP contribution in [-0.4, -0.2) is 26.7 Å². The van der Waals surface area contributed by atoms with Crippen LogP contribution in [0.4, 0.5) is 0 Å². The van der Waals surface area contributed by atoms with Gasteiger partial charge in [0.05, 0.1) is 11.3 Å². The highest BCUT2D eigenvalue weighted by Crippen LogP contribution is 2.03. The van der Waals surface area contributed by atoms with Crippen molar-refractivity contribution < 1.29 is 4.79 Å². The Bertz CT molecular complexity index is 308. The summed E-state index contributed by atoms with van der Waals surface area (Å²) in [6.07, 6.45) is 1.73. The lowest BCUT2D eigenvalue weighted by Crippen LogP contribution is -2.25. The van der Waals surface area contributed by atoms with Gasteiger partial charge in [0.25, 0.3) is 5.91 Å². The van der Waals surface area contributed by atoms with E-state index in [1.165, 1.54) is 0 Å². The van der Waals surface area contributed by atoms with Crippen molar-refractivity contribution in [1.82, 2.24) is 15.1 Å². The number of aryl methyl sites for hydroxylation is 2. The van der Waals surface area contributed by atoms with E-state index in [0.29, 0.717) is 12.1 Å². The van der Waals surface area contributed by atoms with E-state index >= 15 is 0 Å². The Hall–Kier alpha value is -0.590. The minimum absolute atomic E-state index is 0.0396. The van der Waals surface area contributed by atoms with Gasteiger partial charge in [-0.25, -0.2) is 0 Å². The smallest absolute Gasteiger partial charge is 0.254 e. The van der Waals surface area contributed by atoms with Gasteiger partial charge in [-0.15, -0.1) is 0 Å². The van der Waals surface area contributed by atoms with Gasteiger partial charge in [0.1, 0.15) is 0 Å². The average molecular weight is 293 g/mol. The normalized spacial score (nSPS) is 10.1. The van der Waals surface area contributed by atoms with Gasteiger partial charge in [-0.05, 0) is 6.92 Å². The van der Waals surface area contributed by atoms with Crippen molar-refractivity contribution in [3.63, 3.8) is 0 Å². The zero-order valence-electron chi connectivity index (χ0n) is 7.67. The summed E-state index contributed by atoms with van der Waals surface area (Å²) in [4.78, 5) is 11.5. The van der Waals surface area contributed by atoms with Crippen LogP contribution < -0.4 is 5.32 Å². The van der Waals surface area contributed by atoms with Crippen LogP contribution in [0.1, 0.15) is 16.1 Å². The first-order valence-electron chi connectivity index (χ1n) is 3.99. The number of aromatic nitrogens is 2. The van der Waals surface area contributed by atoms with Gasteiger partial charge < -0.3 is 5.32 Å². The highest BCUT2D eigenvalue weighted by Gasteiger charge is 2.10. The molecule has 1 aromatic heterocycles. The molecule has 0 aliphatic rings. The van der Waals surface area contributed by atoms with E-state index in [1.807, 2.05) is 14.0 Å². The predicted octanol–water partition coefficient (Wildman–Crippen LogP) is 0.893. The fourth-order valence-electron chi connectivity index (χ4n) is 1.08. The second-order valence-corrected chi connectivity index (χ2v) is 3.83. The quantitative estimate of drug-likeness (QED) is 0.664. The Morgan fingerprint density at radius 1 is 1.77 bits per heavy atom. The maximum atomic E-state index is 11.5. The van der Waals surface area contributed by atoms with Crippen LogP contribution in [0.2, 0.25) is 0 Å². The minimum Gasteiger partial charge on any atom is -0.351 e. The van der Waals surface area contributed by atoms with Crippen LogP contribution in [0.15, 0.2) is 6.20 Å². The molecule has 0 atom stereocenters. The van der Waals surface area contributed by atoms with E-state index in [4.69, 9.17) is 0 Å². The molecule has 1 N–H and O–H groups in total. The van der Waals surface area contributed by atoms with Crippen LogP contribution in [-0.2, 0) is 7.05 Å². The number of rotatable bonds is 3. The zero-order chi connectivity index (χ0) is 9.84. The number of alkyl halides is 1. The van der Waals surface area contributed by atoms with Crippen molar-refractivity contribution in [3.8, 4) is 0 Å². The molecule has 0 aromatic carbocycles. The van der Waals surface area contributed by atoms with Crippen LogP contribution in [0.3, 0.4) is 0 Å². The molecule has 4 nitrogen and oxygen atoms in total. The molecule has 72 valence electrons. The molecule has 1 heterocycles. The molecular formula is C8H12IN3O. The van der Waals surface area contributed by atoms with Gasteiger partial charge in [-0.1, -0.05) is 22.6 Å². The fraction of sp³-hybridized carbons (Fsp3) is 0.500. The molecule has 1 amide bonds. The largest absolute Gasteiger partial charge is 0.351 e. The summed E-state index contributed by atoms with van der Waals surface area (Å²) in [7, 11) is 1.81. The predicted molar refractivity (Wildman–Crippen MR) is 59.2 cm³/mol. The number of carbonyl (C=O) groups excluding carboxylic acids is 1. The van der Waals surface area contributed by atoms with Gasteiger partial charge in [-0.2, -0.15) is 5.10 Å². The van der Waals surface area contributed by atoms with Crippen molar-refractivity contribution in [3.05, 3.63) is 17.5 Å². The molecule has 1 rings (SSSR count). The molecule has 0 saturated carbocycles. The lowest BCUT2D eigenvalue weighted by Gasteiger charge is -1.99. The number of amides is 1. The van der Waals surface area contributed by atoms with Crippen LogP contribution in [0.5, 0.6) is 0 Å². The maximum absolute atomic E-state index is 11.5. The lowest BCUT2D eigenvalue weighted by atomic mass is 10.2. The van der Waals surface area contributed by atoms with Crippen LogP contribution in [0.25, 0.3) is 0 Å². The highest BCUT2D eigenvalue weighted by molar-refractivity contribution is 14.1. The summed E-state index contributed by atoms with van der Waals surface area (Å²) < 4.78 is 2.57.